The molecule has 7 nitrogen and oxygen atoms in total. The van der Waals surface area contributed by atoms with Gasteiger partial charge in [-0.1, -0.05) is 0 Å². The fourth-order valence-electron chi connectivity index (χ4n) is 1.76. The van der Waals surface area contributed by atoms with Crippen LogP contribution in [-0.4, -0.2) is 36.3 Å². The Morgan fingerprint density at radius 1 is 1.05 bits per heavy atom. The Kier molecular flexibility index (Phi) is 4.04. The first-order valence-corrected chi connectivity index (χ1v) is 6.04. The number of aromatic nitrogens is 3. The van der Waals surface area contributed by atoms with E-state index in [1.807, 2.05) is 0 Å². The number of benzene rings is 1. The molecule has 0 spiro atoms. The van der Waals surface area contributed by atoms with E-state index in [-0.39, 0.29) is 10.7 Å². The third-order valence-electron chi connectivity index (χ3n) is 2.61. The van der Waals surface area contributed by atoms with Gasteiger partial charge in [0.1, 0.15) is 5.82 Å². The summed E-state index contributed by atoms with van der Waals surface area (Å²) in [6.07, 6.45) is 0. The van der Waals surface area contributed by atoms with Gasteiger partial charge in [0.05, 0.1) is 21.3 Å². The Hall–Kier alpha value is -2.35. The quantitative estimate of drug-likeness (QED) is 0.830. The number of nitrogens with one attached hydrogen (secondary N) is 1. The number of anilines is 1. The summed E-state index contributed by atoms with van der Waals surface area (Å²) in [5, 5.41) is 0. The van der Waals surface area contributed by atoms with Crippen molar-refractivity contribution < 1.29 is 14.2 Å². The summed E-state index contributed by atoms with van der Waals surface area (Å²) in [5.41, 5.74) is 6.33. The highest BCUT2D eigenvalue weighted by atomic mass is 32.1. The van der Waals surface area contributed by atoms with E-state index in [4.69, 9.17) is 32.2 Å². The molecular weight excluding hydrogens is 280 g/mol. The summed E-state index contributed by atoms with van der Waals surface area (Å²) in [5.74, 6) is 2.19. The second-order valence-corrected chi connectivity index (χ2v) is 4.14. The van der Waals surface area contributed by atoms with Crippen LogP contribution in [0.5, 0.6) is 17.2 Å². The number of methoxy groups -OCH3 is 3. The predicted octanol–water partition coefficient (Wildman–Crippen LogP) is 1.81. The number of nitrogen functional groups attached to an aromatic ring is 1. The normalized spacial score (nSPS) is 10.2. The van der Waals surface area contributed by atoms with Crippen LogP contribution in [0, 0.1) is 4.77 Å². The third kappa shape index (κ3) is 2.64. The summed E-state index contributed by atoms with van der Waals surface area (Å²) in [7, 11) is 4.62. The first-order chi connectivity index (χ1) is 9.58. The zero-order chi connectivity index (χ0) is 14.7. The van der Waals surface area contributed by atoms with Gasteiger partial charge in [0.25, 0.3) is 0 Å². The minimum atomic E-state index is 0.157. The third-order valence-corrected chi connectivity index (χ3v) is 2.79. The molecule has 0 radical (unpaired) electrons. The topological polar surface area (TPSA) is 95.3 Å². The van der Waals surface area contributed by atoms with Crippen LogP contribution in [0.4, 0.5) is 5.95 Å². The molecule has 0 saturated carbocycles. The van der Waals surface area contributed by atoms with Crippen LogP contribution >= 0.6 is 12.2 Å². The molecule has 0 unspecified atom stereocenters. The van der Waals surface area contributed by atoms with Gasteiger partial charge in [0.15, 0.2) is 11.5 Å². The lowest BCUT2D eigenvalue weighted by Gasteiger charge is -2.13. The average Bonchev–Trinajstić information content (AvgIpc) is 2.44. The minimum absolute atomic E-state index is 0.157. The van der Waals surface area contributed by atoms with E-state index >= 15 is 0 Å². The van der Waals surface area contributed by atoms with Crippen LogP contribution in [0.25, 0.3) is 11.4 Å². The molecule has 0 aliphatic heterocycles. The highest BCUT2D eigenvalue weighted by Crippen LogP contribution is 2.40. The van der Waals surface area contributed by atoms with E-state index in [1.165, 1.54) is 21.3 Å². The number of nitrogens with two attached hydrogens (primary N) is 1. The Labute approximate surface area is 120 Å². The molecule has 0 aliphatic carbocycles. The number of rotatable bonds is 4. The molecule has 3 N–H and O–H groups in total. The fourth-order valence-corrected chi connectivity index (χ4v) is 1.95. The van der Waals surface area contributed by atoms with Crippen LogP contribution in [0.15, 0.2) is 12.1 Å². The Balaban J connectivity index is 2.65. The van der Waals surface area contributed by atoms with Crippen LogP contribution in [0.2, 0.25) is 0 Å². The van der Waals surface area contributed by atoms with Crippen LogP contribution in [-0.2, 0) is 0 Å². The van der Waals surface area contributed by atoms with Gasteiger partial charge >= 0.3 is 0 Å². The lowest BCUT2D eigenvalue weighted by Crippen LogP contribution is -2.01. The molecule has 0 fully saturated rings. The van der Waals surface area contributed by atoms with Crippen molar-refractivity contribution in [2.45, 2.75) is 0 Å². The van der Waals surface area contributed by atoms with Gasteiger partial charge in [0, 0.05) is 5.56 Å². The SMILES string of the molecule is COc1cc(-c2nc(=S)nc(N)[nH]2)cc(OC)c1OC. The summed E-state index contributed by atoms with van der Waals surface area (Å²) < 4.78 is 16.0. The van der Waals surface area contributed by atoms with Crippen molar-refractivity contribution in [3.8, 4) is 28.6 Å². The first-order valence-electron chi connectivity index (χ1n) is 5.63. The van der Waals surface area contributed by atoms with Crippen molar-refractivity contribution >= 4 is 18.2 Å². The van der Waals surface area contributed by atoms with Crippen LogP contribution in [0.1, 0.15) is 0 Å². The van der Waals surface area contributed by atoms with E-state index in [0.29, 0.717) is 28.6 Å². The van der Waals surface area contributed by atoms with Gasteiger partial charge < -0.3 is 24.9 Å². The Morgan fingerprint density at radius 2 is 1.65 bits per heavy atom. The van der Waals surface area contributed by atoms with Gasteiger partial charge in [-0.15, -0.1) is 0 Å². The lowest BCUT2D eigenvalue weighted by molar-refractivity contribution is 0.324. The summed E-state index contributed by atoms with van der Waals surface area (Å²) >= 11 is 4.95. The molecule has 0 atom stereocenters. The molecule has 1 aromatic carbocycles. The van der Waals surface area contributed by atoms with Crippen molar-refractivity contribution in [1.29, 1.82) is 0 Å². The fraction of sp³-hybridized carbons (Fsp3) is 0.250. The lowest BCUT2D eigenvalue weighted by atomic mass is 10.1. The standard InChI is InChI=1S/C12H14N4O3S/c1-17-7-4-6(5-8(18-2)9(7)19-3)10-14-11(13)16-12(20)15-10/h4-5H,1-3H3,(H3,13,14,15,16,20). The van der Waals surface area contributed by atoms with Crippen molar-refractivity contribution in [2.24, 2.45) is 0 Å². The number of ether oxygens (including phenoxy) is 3. The van der Waals surface area contributed by atoms with E-state index in [2.05, 4.69) is 15.0 Å². The minimum Gasteiger partial charge on any atom is -0.493 e. The molecule has 1 aromatic heterocycles. The zero-order valence-corrected chi connectivity index (χ0v) is 12.1. The molecule has 0 aliphatic rings. The van der Waals surface area contributed by atoms with E-state index in [0.717, 1.165) is 0 Å². The highest BCUT2D eigenvalue weighted by Gasteiger charge is 2.15. The van der Waals surface area contributed by atoms with Crippen molar-refractivity contribution in [3.05, 3.63) is 16.9 Å². The number of hydrogen-bond acceptors (Lipinski definition) is 7. The molecule has 2 rings (SSSR count). The van der Waals surface area contributed by atoms with E-state index in [1.54, 1.807) is 12.1 Å². The number of nitrogens with zero attached hydrogens (tertiary/aromatic N) is 2. The van der Waals surface area contributed by atoms with Gasteiger partial charge in [-0.25, -0.2) is 4.98 Å². The molecule has 0 saturated heterocycles. The molecular formula is C12H14N4O3S. The molecule has 2 aromatic rings. The number of H-pyrrole nitrogens is 1. The molecule has 0 bridgehead atoms. The summed E-state index contributed by atoms with van der Waals surface area (Å²) in [6, 6.07) is 3.49. The number of aromatic amines is 1. The van der Waals surface area contributed by atoms with Gasteiger partial charge in [-0.05, 0) is 24.4 Å². The zero-order valence-electron chi connectivity index (χ0n) is 11.3. The maximum atomic E-state index is 5.63. The van der Waals surface area contributed by atoms with Crippen molar-refractivity contribution in [1.82, 2.24) is 15.0 Å². The number of hydrogen-bond donors (Lipinski definition) is 2. The molecule has 106 valence electrons. The molecule has 8 heteroatoms. The first kappa shape index (κ1) is 14.1. The molecule has 0 amide bonds. The largest absolute Gasteiger partial charge is 0.493 e. The maximum absolute atomic E-state index is 5.63. The van der Waals surface area contributed by atoms with Crippen LogP contribution in [0.3, 0.4) is 0 Å². The molecule has 1 heterocycles. The second-order valence-electron chi connectivity index (χ2n) is 3.78. The predicted molar refractivity (Wildman–Crippen MR) is 76.7 cm³/mol. The smallest absolute Gasteiger partial charge is 0.224 e. The van der Waals surface area contributed by atoms with Crippen LogP contribution < -0.4 is 19.9 Å². The summed E-state index contributed by atoms with van der Waals surface area (Å²) in [6.45, 7) is 0. The second kappa shape index (κ2) is 5.74. The summed E-state index contributed by atoms with van der Waals surface area (Å²) in [4.78, 5) is 10.8. The van der Waals surface area contributed by atoms with Gasteiger partial charge in [0.2, 0.25) is 16.5 Å². The van der Waals surface area contributed by atoms with Crippen molar-refractivity contribution in [2.75, 3.05) is 27.1 Å². The average molecular weight is 294 g/mol. The van der Waals surface area contributed by atoms with Gasteiger partial charge in [-0.3, -0.25) is 0 Å². The monoisotopic (exact) mass is 294 g/mol. The highest BCUT2D eigenvalue weighted by molar-refractivity contribution is 7.71. The Bertz CT molecular complexity index is 662. The molecule has 20 heavy (non-hydrogen) atoms. The van der Waals surface area contributed by atoms with Gasteiger partial charge in [-0.2, -0.15) is 4.98 Å². The Morgan fingerprint density at radius 3 is 2.10 bits per heavy atom. The van der Waals surface area contributed by atoms with Crippen molar-refractivity contribution in [3.63, 3.8) is 0 Å². The van der Waals surface area contributed by atoms with E-state index < -0.39 is 0 Å². The maximum Gasteiger partial charge on any atom is 0.224 e. The van der Waals surface area contributed by atoms with E-state index in [9.17, 15) is 0 Å².